The molecule has 1 aromatic carbocycles. The average Bonchev–Trinajstić information content (AvgIpc) is 3.23. The minimum Gasteiger partial charge on any atom is -0.383 e. The van der Waals surface area contributed by atoms with Gasteiger partial charge >= 0.3 is 0 Å². The molecule has 1 aromatic heterocycles. The van der Waals surface area contributed by atoms with Gasteiger partial charge in [-0.15, -0.1) is 0 Å². The minimum absolute atomic E-state index is 0.141. The lowest BCUT2D eigenvalue weighted by Gasteiger charge is -2.28. The van der Waals surface area contributed by atoms with Crippen LogP contribution in [0.1, 0.15) is 19.8 Å². The lowest BCUT2D eigenvalue weighted by atomic mass is 10.1. The number of benzene rings is 1. The van der Waals surface area contributed by atoms with Crippen molar-refractivity contribution in [2.45, 2.75) is 25.8 Å². The molecule has 0 radical (unpaired) electrons. The Bertz CT molecular complexity index is 800. The molecule has 4 heteroatoms. The zero-order chi connectivity index (χ0) is 18.4. The number of hydrogen-bond donors (Lipinski definition) is 1. The van der Waals surface area contributed by atoms with Crippen molar-refractivity contribution in [2.24, 2.45) is 0 Å². The molecule has 0 spiro atoms. The summed E-state index contributed by atoms with van der Waals surface area (Å²) in [5, 5.41) is 3.35. The molecule has 4 nitrogen and oxygen atoms in total. The van der Waals surface area contributed by atoms with Crippen LogP contribution in [-0.2, 0) is 4.79 Å². The normalized spacial score (nSPS) is 14.4. The van der Waals surface area contributed by atoms with E-state index >= 15 is 0 Å². The summed E-state index contributed by atoms with van der Waals surface area (Å²) >= 11 is 0. The van der Waals surface area contributed by atoms with Gasteiger partial charge in [0.2, 0.25) is 6.41 Å². The van der Waals surface area contributed by atoms with Crippen LogP contribution in [0.15, 0.2) is 84.9 Å². The molecule has 3 rings (SSSR count). The number of hydrogen-bond acceptors (Lipinski definition) is 2. The monoisotopic (exact) mass is 347 g/mol. The van der Waals surface area contributed by atoms with Gasteiger partial charge in [-0.1, -0.05) is 24.8 Å². The molecule has 1 heterocycles. The van der Waals surface area contributed by atoms with Crippen molar-refractivity contribution in [2.75, 3.05) is 11.4 Å². The fourth-order valence-corrected chi connectivity index (χ4v) is 3.01. The highest BCUT2D eigenvalue weighted by Crippen LogP contribution is 2.20. The zero-order valence-electron chi connectivity index (χ0n) is 15.1. The summed E-state index contributed by atoms with van der Waals surface area (Å²) < 4.78 is 2.03. The van der Waals surface area contributed by atoms with E-state index in [9.17, 15) is 4.79 Å². The van der Waals surface area contributed by atoms with Gasteiger partial charge in [-0.25, -0.2) is 0 Å². The third kappa shape index (κ3) is 4.14. The lowest BCUT2D eigenvalue weighted by molar-refractivity contribution is -0.107. The van der Waals surface area contributed by atoms with E-state index in [-0.39, 0.29) is 6.04 Å². The first kappa shape index (κ1) is 17.8. The SMILES string of the molecule is C=C(NCC1=CCCC=C1)C(C)N(C=O)c1ccc(-n2cccc2)cc1. The number of amides is 1. The number of aromatic nitrogens is 1. The van der Waals surface area contributed by atoms with Crippen molar-refractivity contribution >= 4 is 12.1 Å². The van der Waals surface area contributed by atoms with Crippen molar-refractivity contribution < 1.29 is 4.79 Å². The molecule has 2 aromatic rings. The van der Waals surface area contributed by atoms with Gasteiger partial charge in [-0.2, -0.15) is 0 Å². The lowest BCUT2D eigenvalue weighted by Crippen LogP contribution is -2.38. The Kier molecular flexibility index (Phi) is 5.74. The molecule has 1 aliphatic carbocycles. The maximum atomic E-state index is 11.7. The Hall–Kier alpha value is -3.01. The molecule has 1 aliphatic rings. The van der Waals surface area contributed by atoms with Crippen LogP contribution in [0, 0.1) is 0 Å². The molecule has 1 atom stereocenters. The van der Waals surface area contributed by atoms with E-state index < -0.39 is 0 Å². The highest BCUT2D eigenvalue weighted by molar-refractivity contribution is 5.77. The van der Waals surface area contributed by atoms with E-state index in [1.54, 1.807) is 4.90 Å². The predicted octanol–water partition coefficient (Wildman–Crippen LogP) is 4.21. The minimum atomic E-state index is -0.141. The van der Waals surface area contributed by atoms with Gasteiger partial charge in [0.15, 0.2) is 0 Å². The Morgan fingerprint density at radius 1 is 1.27 bits per heavy atom. The number of rotatable bonds is 8. The number of nitrogens with one attached hydrogen (secondary N) is 1. The molecule has 26 heavy (non-hydrogen) atoms. The molecule has 0 bridgehead atoms. The maximum absolute atomic E-state index is 11.7. The van der Waals surface area contributed by atoms with Gasteiger partial charge in [0, 0.05) is 36.0 Å². The van der Waals surface area contributed by atoms with Gasteiger partial charge in [0.1, 0.15) is 0 Å². The molecular weight excluding hydrogens is 322 g/mol. The topological polar surface area (TPSA) is 37.3 Å². The third-order valence-corrected chi connectivity index (χ3v) is 4.68. The van der Waals surface area contributed by atoms with E-state index in [1.165, 1.54) is 5.57 Å². The Labute approximate surface area is 155 Å². The quantitative estimate of drug-likeness (QED) is 0.727. The van der Waals surface area contributed by atoms with Crippen molar-refractivity contribution in [3.05, 3.63) is 84.9 Å². The Morgan fingerprint density at radius 3 is 2.62 bits per heavy atom. The van der Waals surface area contributed by atoms with E-state index in [2.05, 4.69) is 30.1 Å². The Balaban J connectivity index is 1.65. The molecule has 1 N–H and O–H groups in total. The molecule has 0 fully saturated rings. The van der Waals surface area contributed by atoms with Crippen LogP contribution in [0.4, 0.5) is 5.69 Å². The van der Waals surface area contributed by atoms with Crippen LogP contribution in [0.3, 0.4) is 0 Å². The fraction of sp³-hybridized carbons (Fsp3) is 0.227. The number of allylic oxidation sites excluding steroid dienone is 2. The first-order valence-electron chi connectivity index (χ1n) is 8.94. The summed E-state index contributed by atoms with van der Waals surface area (Å²) in [5.41, 5.74) is 4.00. The number of carbonyl (C=O) groups excluding carboxylic acids is 1. The second-order valence-electron chi connectivity index (χ2n) is 6.43. The zero-order valence-corrected chi connectivity index (χ0v) is 15.1. The molecule has 0 saturated carbocycles. The summed E-state index contributed by atoms with van der Waals surface area (Å²) in [6.07, 6.45) is 13.6. The summed E-state index contributed by atoms with van der Waals surface area (Å²) in [4.78, 5) is 13.4. The summed E-state index contributed by atoms with van der Waals surface area (Å²) in [5.74, 6) is 0. The van der Waals surface area contributed by atoms with Gasteiger partial charge < -0.3 is 14.8 Å². The maximum Gasteiger partial charge on any atom is 0.214 e. The summed E-state index contributed by atoms with van der Waals surface area (Å²) in [6, 6.07) is 11.8. The smallest absolute Gasteiger partial charge is 0.214 e. The van der Waals surface area contributed by atoms with Gasteiger partial charge in [0.05, 0.1) is 6.04 Å². The second kappa shape index (κ2) is 8.39. The van der Waals surface area contributed by atoms with Gasteiger partial charge in [-0.05, 0) is 61.7 Å². The molecular formula is C22H25N3O. The standard InChI is InChI=1S/C22H25N3O/c1-18(23-16-20-8-4-3-5-9-20)19(2)25(17-26)22-12-10-21(11-13-22)24-14-6-7-15-24/h4,6-15,17,19,23H,1,3,5,16H2,2H3. The fourth-order valence-electron chi connectivity index (χ4n) is 3.01. The molecule has 0 saturated heterocycles. The van der Waals surface area contributed by atoms with Crippen molar-refractivity contribution in [1.29, 1.82) is 0 Å². The van der Waals surface area contributed by atoms with Crippen LogP contribution in [-0.4, -0.2) is 23.6 Å². The number of nitrogens with zero attached hydrogens (tertiary/aromatic N) is 2. The molecule has 1 unspecified atom stereocenters. The van der Waals surface area contributed by atoms with Crippen molar-refractivity contribution in [3.8, 4) is 5.69 Å². The van der Waals surface area contributed by atoms with Gasteiger partial charge in [0.25, 0.3) is 0 Å². The number of anilines is 1. The van der Waals surface area contributed by atoms with E-state index in [0.29, 0.717) is 0 Å². The predicted molar refractivity (Wildman–Crippen MR) is 107 cm³/mol. The summed E-state index contributed by atoms with van der Waals surface area (Å²) in [6.45, 7) is 6.84. The average molecular weight is 347 g/mol. The van der Waals surface area contributed by atoms with Crippen LogP contribution in [0.5, 0.6) is 0 Å². The van der Waals surface area contributed by atoms with Crippen LogP contribution in [0.25, 0.3) is 5.69 Å². The van der Waals surface area contributed by atoms with E-state index in [4.69, 9.17) is 0 Å². The molecule has 134 valence electrons. The van der Waals surface area contributed by atoms with Crippen LogP contribution < -0.4 is 10.2 Å². The van der Waals surface area contributed by atoms with Crippen molar-refractivity contribution in [3.63, 3.8) is 0 Å². The van der Waals surface area contributed by atoms with Crippen LogP contribution >= 0.6 is 0 Å². The van der Waals surface area contributed by atoms with E-state index in [1.807, 2.05) is 60.3 Å². The van der Waals surface area contributed by atoms with Gasteiger partial charge in [-0.3, -0.25) is 4.79 Å². The summed E-state index contributed by atoms with van der Waals surface area (Å²) in [7, 11) is 0. The first-order valence-corrected chi connectivity index (χ1v) is 8.94. The Morgan fingerprint density at radius 2 is 2.00 bits per heavy atom. The first-order chi connectivity index (χ1) is 12.7. The third-order valence-electron chi connectivity index (χ3n) is 4.68. The molecule has 1 amide bonds. The van der Waals surface area contributed by atoms with E-state index in [0.717, 1.165) is 42.9 Å². The molecule has 0 aliphatic heterocycles. The van der Waals surface area contributed by atoms with Crippen LogP contribution in [0.2, 0.25) is 0 Å². The number of carbonyl (C=O) groups is 1. The highest BCUT2D eigenvalue weighted by Gasteiger charge is 2.17. The largest absolute Gasteiger partial charge is 0.383 e. The highest BCUT2D eigenvalue weighted by atomic mass is 16.1. The second-order valence-corrected chi connectivity index (χ2v) is 6.43. The van der Waals surface area contributed by atoms with Crippen molar-refractivity contribution in [1.82, 2.24) is 9.88 Å².